The second-order valence-corrected chi connectivity index (χ2v) is 10.9. The van der Waals surface area contributed by atoms with Crippen molar-refractivity contribution in [2.24, 2.45) is 0 Å². The number of hydrogen-bond acceptors (Lipinski definition) is 8. The number of benzene rings is 2. The maximum atomic E-state index is 14.1. The number of hydrogen-bond donors (Lipinski definition) is 3. The molecule has 41 heavy (non-hydrogen) atoms. The standard InChI is InChI=1S/C30H27FN4O5S/c1-17-33-27(16-41-17)29(39)35-23-7-5-22(6-8-23)34-28(38)26-13-21(31)14-32-30(26)40-25-4-2-3-19(12-25)20-9-18(15-36)10-24(37)11-20/h2-4,9-16,22-23,37H,5-8H2,1H3,(H,34,38)(H,35,39)/t22-,23-. The minimum atomic E-state index is -0.680. The molecule has 1 aliphatic rings. The fraction of sp³-hybridized carbons (Fsp3) is 0.233. The van der Waals surface area contributed by atoms with Gasteiger partial charge in [0, 0.05) is 23.0 Å². The number of amides is 2. The van der Waals surface area contributed by atoms with Crippen LogP contribution in [0.2, 0.25) is 0 Å². The highest BCUT2D eigenvalue weighted by atomic mass is 32.1. The minimum Gasteiger partial charge on any atom is -0.508 e. The molecular formula is C30H27FN4O5S. The van der Waals surface area contributed by atoms with Crippen molar-refractivity contribution < 1.29 is 28.6 Å². The quantitative estimate of drug-likeness (QED) is 0.239. The van der Waals surface area contributed by atoms with Crippen molar-refractivity contribution in [1.82, 2.24) is 20.6 Å². The first kappa shape index (κ1) is 27.9. The first-order valence-electron chi connectivity index (χ1n) is 13.0. The molecule has 0 aliphatic heterocycles. The normalized spacial score (nSPS) is 16.5. The number of phenols is 1. The smallest absolute Gasteiger partial charge is 0.270 e. The zero-order valence-corrected chi connectivity index (χ0v) is 22.9. The van der Waals surface area contributed by atoms with Gasteiger partial charge >= 0.3 is 0 Å². The van der Waals surface area contributed by atoms with Crippen molar-refractivity contribution in [1.29, 1.82) is 0 Å². The molecule has 1 saturated carbocycles. The Balaban J connectivity index is 1.24. The van der Waals surface area contributed by atoms with Gasteiger partial charge in [0.15, 0.2) is 0 Å². The number of ether oxygens (including phenoxy) is 1. The number of aromatic nitrogens is 2. The Hall–Kier alpha value is -4.64. The lowest BCUT2D eigenvalue weighted by molar-refractivity contribution is 0.0888. The molecule has 0 atom stereocenters. The number of pyridine rings is 1. The summed E-state index contributed by atoms with van der Waals surface area (Å²) in [5.74, 6) is -1.19. The molecule has 3 N–H and O–H groups in total. The van der Waals surface area contributed by atoms with E-state index >= 15 is 0 Å². The Kier molecular flexibility index (Phi) is 8.34. The van der Waals surface area contributed by atoms with Gasteiger partial charge < -0.3 is 20.5 Å². The molecule has 4 aromatic rings. The summed E-state index contributed by atoms with van der Waals surface area (Å²) in [4.78, 5) is 45.0. The predicted molar refractivity (Wildman–Crippen MR) is 151 cm³/mol. The molecule has 9 nitrogen and oxygen atoms in total. The monoisotopic (exact) mass is 574 g/mol. The van der Waals surface area contributed by atoms with E-state index in [1.165, 1.54) is 23.5 Å². The topological polar surface area (TPSA) is 131 Å². The summed E-state index contributed by atoms with van der Waals surface area (Å²) in [5, 5.41) is 18.5. The van der Waals surface area contributed by atoms with Gasteiger partial charge in [0.05, 0.1) is 11.2 Å². The number of carbonyl (C=O) groups excluding carboxylic acids is 3. The number of aldehydes is 1. The van der Waals surface area contributed by atoms with Crippen molar-refractivity contribution in [3.8, 4) is 28.5 Å². The van der Waals surface area contributed by atoms with Gasteiger partial charge in [-0.3, -0.25) is 14.4 Å². The third-order valence-electron chi connectivity index (χ3n) is 6.77. The second-order valence-electron chi connectivity index (χ2n) is 9.81. The van der Waals surface area contributed by atoms with Crippen LogP contribution in [-0.2, 0) is 0 Å². The van der Waals surface area contributed by atoms with Crippen LogP contribution in [0.25, 0.3) is 11.1 Å². The molecule has 1 aliphatic carbocycles. The summed E-state index contributed by atoms with van der Waals surface area (Å²) >= 11 is 1.42. The lowest BCUT2D eigenvalue weighted by Gasteiger charge is -2.29. The Morgan fingerprint density at radius 3 is 2.44 bits per heavy atom. The SMILES string of the molecule is Cc1nc(C(=O)N[C@H]2CC[C@H](NC(=O)c3cc(F)cnc3Oc3cccc(-c4cc(O)cc(C=O)c4)c3)CC2)cs1. The van der Waals surface area contributed by atoms with Crippen LogP contribution in [0.1, 0.15) is 61.9 Å². The van der Waals surface area contributed by atoms with Gasteiger partial charge in [-0.25, -0.2) is 14.4 Å². The van der Waals surface area contributed by atoms with Gasteiger partial charge in [0.2, 0.25) is 5.88 Å². The highest BCUT2D eigenvalue weighted by molar-refractivity contribution is 7.09. The number of carbonyl (C=O) groups is 3. The first-order valence-corrected chi connectivity index (χ1v) is 13.9. The van der Waals surface area contributed by atoms with E-state index < -0.39 is 11.7 Å². The molecule has 2 aromatic carbocycles. The molecule has 11 heteroatoms. The zero-order chi connectivity index (χ0) is 28.9. The van der Waals surface area contributed by atoms with Crippen molar-refractivity contribution in [3.05, 3.63) is 87.8 Å². The largest absolute Gasteiger partial charge is 0.508 e. The van der Waals surface area contributed by atoms with Crippen LogP contribution in [0.4, 0.5) is 4.39 Å². The molecule has 0 saturated heterocycles. The Labute approximate surface area is 239 Å². The van der Waals surface area contributed by atoms with Gasteiger partial charge in [0.1, 0.15) is 34.9 Å². The highest BCUT2D eigenvalue weighted by Gasteiger charge is 2.26. The summed E-state index contributed by atoms with van der Waals surface area (Å²) in [6.45, 7) is 1.85. The Morgan fingerprint density at radius 2 is 1.76 bits per heavy atom. The molecule has 0 unspecified atom stereocenters. The van der Waals surface area contributed by atoms with Crippen LogP contribution in [0, 0.1) is 12.7 Å². The van der Waals surface area contributed by atoms with E-state index in [0.717, 1.165) is 17.3 Å². The molecule has 2 amide bonds. The van der Waals surface area contributed by atoms with Crippen LogP contribution in [0.15, 0.2) is 60.1 Å². The van der Waals surface area contributed by atoms with Crippen molar-refractivity contribution >= 4 is 29.4 Å². The fourth-order valence-electron chi connectivity index (χ4n) is 4.76. The number of aromatic hydroxyl groups is 1. The minimum absolute atomic E-state index is 0.0196. The predicted octanol–water partition coefficient (Wildman–Crippen LogP) is 5.43. The maximum absolute atomic E-state index is 14.1. The van der Waals surface area contributed by atoms with Crippen LogP contribution in [-0.4, -0.2) is 45.3 Å². The van der Waals surface area contributed by atoms with E-state index in [0.29, 0.717) is 60.1 Å². The van der Waals surface area contributed by atoms with Crippen molar-refractivity contribution in [2.75, 3.05) is 0 Å². The number of phenolic OH excluding ortho intramolecular Hbond substituents is 1. The van der Waals surface area contributed by atoms with Gasteiger partial charge in [-0.15, -0.1) is 11.3 Å². The number of aryl methyl sites for hydroxylation is 1. The van der Waals surface area contributed by atoms with E-state index in [1.54, 1.807) is 35.7 Å². The summed E-state index contributed by atoms with van der Waals surface area (Å²) in [6, 6.07) is 12.2. The maximum Gasteiger partial charge on any atom is 0.270 e. The molecule has 0 radical (unpaired) electrons. The van der Waals surface area contributed by atoms with E-state index in [9.17, 15) is 23.9 Å². The van der Waals surface area contributed by atoms with Crippen molar-refractivity contribution in [3.63, 3.8) is 0 Å². The lowest BCUT2D eigenvalue weighted by Crippen LogP contribution is -2.44. The van der Waals surface area contributed by atoms with E-state index in [2.05, 4.69) is 20.6 Å². The lowest BCUT2D eigenvalue weighted by atomic mass is 9.91. The molecule has 210 valence electrons. The zero-order valence-electron chi connectivity index (χ0n) is 22.1. The molecule has 2 heterocycles. The number of nitrogens with one attached hydrogen (secondary N) is 2. The fourth-order valence-corrected chi connectivity index (χ4v) is 5.36. The number of halogens is 1. The van der Waals surface area contributed by atoms with Crippen molar-refractivity contribution in [2.45, 2.75) is 44.7 Å². The highest BCUT2D eigenvalue weighted by Crippen LogP contribution is 2.31. The summed E-state index contributed by atoms with van der Waals surface area (Å²) in [6.07, 6.45) is 4.25. The summed E-state index contributed by atoms with van der Waals surface area (Å²) in [7, 11) is 0. The van der Waals surface area contributed by atoms with E-state index in [-0.39, 0.29) is 35.2 Å². The molecule has 0 spiro atoms. The molecular weight excluding hydrogens is 547 g/mol. The molecule has 5 rings (SSSR count). The summed E-state index contributed by atoms with van der Waals surface area (Å²) < 4.78 is 20.0. The Bertz CT molecular complexity index is 1600. The van der Waals surface area contributed by atoms with Crippen LogP contribution < -0.4 is 15.4 Å². The van der Waals surface area contributed by atoms with Gasteiger partial charge in [-0.05, 0) is 80.1 Å². The second kappa shape index (κ2) is 12.3. The molecule has 1 fully saturated rings. The summed E-state index contributed by atoms with van der Waals surface area (Å²) in [5.41, 5.74) is 1.92. The average molecular weight is 575 g/mol. The first-order chi connectivity index (χ1) is 19.8. The Morgan fingerprint density at radius 1 is 1.02 bits per heavy atom. The van der Waals surface area contributed by atoms with Gasteiger partial charge in [-0.2, -0.15) is 0 Å². The number of nitrogens with zero attached hydrogens (tertiary/aromatic N) is 2. The van der Waals surface area contributed by atoms with Crippen LogP contribution in [0.5, 0.6) is 17.4 Å². The van der Waals surface area contributed by atoms with Gasteiger partial charge in [-0.1, -0.05) is 12.1 Å². The van der Waals surface area contributed by atoms with Gasteiger partial charge in [0.25, 0.3) is 11.8 Å². The van der Waals surface area contributed by atoms with E-state index in [4.69, 9.17) is 4.74 Å². The molecule has 2 aromatic heterocycles. The van der Waals surface area contributed by atoms with Crippen LogP contribution >= 0.6 is 11.3 Å². The number of thiazole rings is 1. The number of rotatable bonds is 8. The van der Waals surface area contributed by atoms with E-state index in [1.807, 2.05) is 6.92 Å². The third-order valence-corrected chi connectivity index (χ3v) is 7.54. The molecule has 0 bridgehead atoms. The third kappa shape index (κ3) is 6.93. The average Bonchev–Trinajstić information content (AvgIpc) is 3.41. The van der Waals surface area contributed by atoms with Crippen LogP contribution in [0.3, 0.4) is 0 Å².